The molecule has 7 nitrogen and oxygen atoms in total. The molecule has 1 unspecified atom stereocenters. The molecule has 1 aliphatic heterocycles. The molecule has 28 heavy (non-hydrogen) atoms. The maximum atomic E-state index is 5.35. The van der Waals surface area contributed by atoms with Crippen molar-refractivity contribution in [3.8, 4) is 5.75 Å². The summed E-state index contributed by atoms with van der Waals surface area (Å²) >= 11 is 0. The summed E-state index contributed by atoms with van der Waals surface area (Å²) in [6.45, 7) is 8.57. The highest BCUT2D eigenvalue weighted by atomic mass is 127. The highest BCUT2D eigenvalue weighted by molar-refractivity contribution is 14.0. The third-order valence-corrected chi connectivity index (χ3v) is 4.80. The van der Waals surface area contributed by atoms with Gasteiger partial charge in [0.05, 0.1) is 13.7 Å². The Morgan fingerprint density at radius 1 is 1.32 bits per heavy atom. The molecule has 1 aromatic carbocycles. The fraction of sp³-hybridized carbons (Fsp3) is 0.550. The number of nitrogens with zero attached hydrogens (tertiary/aromatic N) is 4. The van der Waals surface area contributed by atoms with Gasteiger partial charge in [-0.15, -0.1) is 24.0 Å². The predicted octanol–water partition coefficient (Wildman–Crippen LogP) is 3.56. The van der Waals surface area contributed by atoms with Gasteiger partial charge in [-0.1, -0.05) is 38.1 Å². The average molecular weight is 499 g/mol. The zero-order valence-electron chi connectivity index (χ0n) is 17.2. The molecule has 1 aliphatic rings. The molecule has 2 aromatic rings. The minimum Gasteiger partial charge on any atom is -0.497 e. The van der Waals surface area contributed by atoms with E-state index >= 15 is 0 Å². The molecule has 154 valence electrons. The molecule has 3 rings (SSSR count). The molecule has 2 heterocycles. The Kier molecular flexibility index (Phi) is 7.68. The van der Waals surface area contributed by atoms with Gasteiger partial charge in [-0.05, 0) is 24.1 Å². The van der Waals surface area contributed by atoms with Crippen LogP contribution in [0.15, 0.2) is 33.8 Å². The van der Waals surface area contributed by atoms with E-state index in [1.54, 1.807) is 14.2 Å². The Hall–Kier alpha value is -1.84. The number of hydrogen-bond donors (Lipinski definition) is 1. The number of methoxy groups -OCH3 is 1. The summed E-state index contributed by atoms with van der Waals surface area (Å²) in [6.07, 6.45) is 1.10. The second-order valence-corrected chi connectivity index (χ2v) is 7.87. The maximum absolute atomic E-state index is 5.35. The van der Waals surface area contributed by atoms with Crippen LogP contribution in [0.2, 0.25) is 0 Å². The number of rotatable bonds is 4. The van der Waals surface area contributed by atoms with Crippen molar-refractivity contribution >= 4 is 29.9 Å². The van der Waals surface area contributed by atoms with Gasteiger partial charge in [0.2, 0.25) is 5.89 Å². The van der Waals surface area contributed by atoms with E-state index in [4.69, 9.17) is 9.26 Å². The van der Waals surface area contributed by atoms with Crippen LogP contribution in [0.4, 0.5) is 0 Å². The summed E-state index contributed by atoms with van der Waals surface area (Å²) in [5.74, 6) is 3.54. The van der Waals surface area contributed by atoms with Crippen LogP contribution >= 0.6 is 24.0 Å². The van der Waals surface area contributed by atoms with Crippen molar-refractivity contribution in [3.05, 3.63) is 41.5 Å². The first-order valence-electron chi connectivity index (χ1n) is 9.33. The number of nitrogens with one attached hydrogen (secondary N) is 1. The van der Waals surface area contributed by atoms with Crippen molar-refractivity contribution in [3.63, 3.8) is 0 Å². The van der Waals surface area contributed by atoms with Gasteiger partial charge < -0.3 is 19.5 Å². The molecule has 0 radical (unpaired) electrons. The van der Waals surface area contributed by atoms with Gasteiger partial charge in [-0.25, -0.2) is 0 Å². The normalized spacial score (nSPS) is 17.4. The number of hydrogen-bond acceptors (Lipinski definition) is 5. The zero-order chi connectivity index (χ0) is 19.4. The Balaban J connectivity index is 0.00000280. The van der Waals surface area contributed by atoms with E-state index in [0.717, 1.165) is 31.2 Å². The van der Waals surface area contributed by atoms with Crippen LogP contribution in [0.5, 0.6) is 5.75 Å². The van der Waals surface area contributed by atoms with E-state index in [9.17, 15) is 0 Å². The molecule has 0 spiro atoms. The van der Waals surface area contributed by atoms with Crippen LogP contribution in [-0.2, 0) is 12.0 Å². The molecule has 0 bridgehead atoms. The Labute approximate surface area is 184 Å². The third-order valence-electron chi connectivity index (χ3n) is 4.80. The summed E-state index contributed by atoms with van der Waals surface area (Å²) in [7, 11) is 3.50. The monoisotopic (exact) mass is 499 g/mol. The minimum absolute atomic E-state index is 0. The van der Waals surface area contributed by atoms with Crippen LogP contribution in [0.1, 0.15) is 50.4 Å². The topological polar surface area (TPSA) is 75.8 Å². The fourth-order valence-corrected chi connectivity index (χ4v) is 3.22. The lowest BCUT2D eigenvalue weighted by atomic mass is 9.97. The fourth-order valence-electron chi connectivity index (χ4n) is 3.22. The number of benzene rings is 1. The van der Waals surface area contributed by atoms with Crippen LogP contribution in [0.25, 0.3) is 0 Å². The van der Waals surface area contributed by atoms with Gasteiger partial charge >= 0.3 is 0 Å². The van der Waals surface area contributed by atoms with Crippen LogP contribution < -0.4 is 10.1 Å². The van der Waals surface area contributed by atoms with Gasteiger partial charge in [-0.3, -0.25) is 4.99 Å². The lowest BCUT2D eigenvalue weighted by molar-refractivity contribution is 0.318. The van der Waals surface area contributed by atoms with Crippen molar-refractivity contribution in [2.24, 2.45) is 4.99 Å². The van der Waals surface area contributed by atoms with Gasteiger partial charge in [-0.2, -0.15) is 4.98 Å². The van der Waals surface area contributed by atoms with E-state index in [0.29, 0.717) is 24.2 Å². The largest absolute Gasteiger partial charge is 0.497 e. The molecule has 1 atom stereocenters. The number of ether oxygens (including phenoxy) is 1. The number of halogens is 1. The molecule has 1 saturated heterocycles. The number of likely N-dealkylation sites (tertiary alicyclic amines) is 1. The lowest BCUT2D eigenvalue weighted by Gasteiger charge is -2.21. The smallest absolute Gasteiger partial charge is 0.232 e. The van der Waals surface area contributed by atoms with Crippen molar-refractivity contribution in [1.82, 2.24) is 20.4 Å². The highest BCUT2D eigenvalue weighted by Crippen LogP contribution is 2.28. The van der Waals surface area contributed by atoms with Crippen LogP contribution in [-0.4, -0.2) is 48.2 Å². The maximum Gasteiger partial charge on any atom is 0.232 e. The standard InChI is InChI=1S/C20H29N5O2.HI/c1-20(2,3)18-23-17(24-27-18)12-22-19(21-4)25-11-10-15(13-25)14-6-8-16(26-5)9-7-14;/h6-9,15H,10-13H2,1-5H3,(H,21,22);1H. The first-order chi connectivity index (χ1) is 12.9. The summed E-state index contributed by atoms with van der Waals surface area (Å²) in [5.41, 5.74) is 1.19. The predicted molar refractivity (Wildman–Crippen MR) is 121 cm³/mol. The lowest BCUT2D eigenvalue weighted by Crippen LogP contribution is -2.39. The Morgan fingerprint density at radius 2 is 2.04 bits per heavy atom. The molecule has 1 N–H and O–H groups in total. The summed E-state index contributed by atoms with van der Waals surface area (Å²) in [5, 5.41) is 7.41. The Bertz CT molecular complexity index is 783. The van der Waals surface area contributed by atoms with Gasteiger partial charge in [0.1, 0.15) is 5.75 Å². The number of guanidine groups is 1. The second kappa shape index (κ2) is 9.58. The average Bonchev–Trinajstić information content (AvgIpc) is 3.32. The van der Waals surface area contributed by atoms with E-state index in [1.807, 2.05) is 12.1 Å². The van der Waals surface area contributed by atoms with E-state index < -0.39 is 0 Å². The zero-order valence-corrected chi connectivity index (χ0v) is 19.6. The molecular formula is C20H30IN5O2. The third kappa shape index (κ3) is 5.36. The van der Waals surface area contributed by atoms with E-state index in [-0.39, 0.29) is 29.4 Å². The first-order valence-corrected chi connectivity index (χ1v) is 9.33. The summed E-state index contributed by atoms with van der Waals surface area (Å²) < 4.78 is 10.6. The first kappa shape index (κ1) is 22.4. The molecule has 0 saturated carbocycles. The number of aromatic nitrogens is 2. The van der Waals surface area contributed by atoms with Crippen LogP contribution in [0.3, 0.4) is 0 Å². The quantitative estimate of drug-likeness (QED) is 0.394. The summed E-state index contributed by atoms with van der Waals surface area (Å²) in [6, 6.07) is 8.34. The molecule has 0 aliphatic carbocycles. The van der Waals surface area contributed by atoms with Gasteiger partial charge in [0.15, 0.2) is 11.8 Å². The highest BCUT2D eigenvalue weighted by Gasteiger charge is 2.26. The minimum atomic E-state index is -0.145. The number of aliphatic imine (C=N–C) groups is 1. The summed E-state index contributed by atoms with van der Waals surface area (Å²) in [4.78, 5) is 11.2. The SMILES string of the molecule is CN=C(NCc1noc(C(C)(C)C)n1)N1CCC(c2ccc(OC)cc2)C1.I. The van der Waals surface area contributed by atoms with Crippen molar-refractivity contribution in [2.45, 2.75) is 45.1 Å². The molecule has 0 amide bonds. The van der Waals surface area contributed by atoms with Crippen molar-refractivity contribution < 1.29 is 9.26 Å². The van der Waals surface area contributed by atoms with Crippen LogP contribution in [0, 0.1) is 0 Å². The second-order valence-electron chi connectivity index (χ2n) is 7.87. The molecular weight excluding hydrogens is 469 g/mol. The van der Waals surface area contributed by atoms with Crippen molar-refractivity contribution in [1.29, 1.82) is 0 Å². The molecule has 8 heteroatoms. The Morgan fingerprint density at radius 3 is 2.61 bits per heavy atom. The van der Waals surface area contributed by atoms with E-state index in [1.165, 1.54) is 5.56 Å². The van der Waals surface area contributed by atoms with E-state index in [2.05, 4.69) is 58.3 Å². The molecule has 1 fully saturated rings. The van der Waals surface area contributed by atoms with Crippen molar-refractivity contribution in [2.75, 3.05) is 27.2 Å². The van der Waals surface area contributed by atoms with Gasteiger partial charge in [0, 0.05) is 31.5 Å². The molecule has 1 aromatic heterocycles. The van der Waals surface area contributed by atoms with Gasteiger partial charge in [0.25, 0.3) is 0 Å².